The first-order valence-corrected chi connectivity index (χ1v) is 50.9. The number of aliphatic carboxylic acids is 2. The van der Waals surface area contributed by atoms with Gasteiger partial charge in [-0.15, -0.1) is 0 Å². The van der Waals surface area contributed by atoms with Gasteiger partial charge in [0, 0.05) is 78.5 Å². The Morgan fingerprint density at radius 3 is 0.728 bits per heavy atom. The number of unbranched alkanes of at least 4 members (excludes halogenated alkanes) is 44. The lowest BCUT2D eigenvalue weighted by atomic mass is 9.74. The van der Waals surface area contributed by atoms with Crippen LogP contribution in [0.4, 0.5) is 0 Å². The van der Waals surface area contributed by atoms with E-state index in [1.807, 2.05) is 0 Å². The van der Waals surface area contributed by atoms with Crippen LogP contribution in [0.3, 0.4) is 0 Å². The van der Waals surface area contributed by atoms with Crippen molar-refractivity contribution in [2.45, 2.75) is 479 Å². The summed E-state index contributed by atoms with van der Waals surface area (Å²) < 4.78 is 11.7. The van der Waals surface area contributed by atoms with Crippen LogP contribution in [0.25, 0.3) is 0 Å². The molecule has 14 heteroatoms. The number of hydrogen-bond acceptors (Lipinski definition) is 12. The van der Waals surface area contributed by atoms with E-state index in [4.69, 9.17) is 9.47 Å². The molecule has 0 saturated carbocycles. The van der Waals surface area contributed by atoms with E-state index in [1.165, 1.54) is 244 Å². The third-order valence-corrected chi connectivity index (χ3v) is 26.1. The molecule has 4 atom stereocenters. The number of piperazine rings is 2. The molecule has 2 fully saturated rings. The Morgan fingerprint density at radius 2 is 0.482 bits per heavy atom. The molecule has 0 aromatic rings. The summed E-state index contributed by atoms with van der Waals surface area (Å²) >= 11 is 0. The van der Waals surface area contributed by atoms with E-state index >= 15 is 0 Å². The molecule has 2 rings (SSSR count). The number of hydrogen-bond donors (Lipinski definition) is 4. The molecule has 114 heavy (non-hydrogen) atoms. The number of rotatable bonds is 86. The van der Waals surface area contributed by atoms with Crippen LogP contribution in [0.1, 0.15) is 479 Å². The van der Waals surface area contributed by atoms with Crippen LogP contribution in [0.5, 0.6) is 0 Å². The van der Waals surface area contributed by atoms with Gasteiger partial charge >= 0.3 is 23.9 Å². The fraction of sp³-hybridized carbons (Fsp3) is 0.960. The van der Waals surface area contributed by atoms with E-state index < -0.39 is 22.8 Å². The molecular weight excluding hydrogens is 1410 g/mol. The molecule has 0 radical (unpaired) electrons. The zero-order valence-corrected chi connectivity index (χ0v) is 77.7. The Hall–Kier alpha value is -2.36. The fourth-order valence-electron chi connectivity index (χ4n) is 18.0. The zero-order valence-electron chi connectivity index (χ0n) is 77.7. The van der Waals surface area contributed by atoms with Crippen LogP contribution in [-0.2, 0) is 28.7 Å². The highest BCUT2D eigenvalue weighted by atomic mass is 16.5. The molecule has 0 amide bonds. The Morgan fingerprint density at radius 1 is 0.281 bits per heavy atom. The number of nitrogens with zero attached hydrogens (tertiary/aromatic N) is 4. The minimum Gasteiger partial charge on any atom is -0.481 e. The number of carboxylic acids is 2. The predicted molar refractivity (Wildman–Crippen MR) is 491 cm³/mol. The first-order chi connectivity index (χ1) is 55.8. The predicted octanol–water partition coefficient (Wildman–Crippen LogP) is 26.8. The van der Waals surface area contributed by atoms with Gasteiger partial charge in [-0.2, -0.15) is 0 Å². The maximum atomic E-state index is 13.1. The molecule has 2 heterocycles. The fourth-order valence-corrected chi connectivity index (χ4v) is 18.0. The van der Waals surface area contributed by atoms with Crippen molar-refractivity contribution < 1.29 is 38.9 Å². The number of carbonyl (C=O) groups excluding carboxylic acids is 2. The number of carboxylic acid groups (broad SMARTS) is 2. The van der Waals surface area contributed by atoms with Gasteiger partial charge < -0.3 is 40.1 Å². The molecule has 0 aromatic heterocycles. The van der Waals surface area contributed by atoms with Gasteiger partial charge in [0.2, 0.25) is 0 Å². The maximum Gasteiger partial charge on any atom is 0.309 e. The lowest BCUT2D eigenvalue weighted by molar-refractivity contribution is -0.151. The molecule has 0 aliphatic carbocycles. The highest BCUT2D eigenvalue weighted by Gasteiger charge is 2.38. The monoisotopic (exact) mass is 1610 g/mol. The number of nitrogens with one attached hydrogen (secondary N) is 2. The molecule has 0 bridgehead atoms. The standard InChI is InChI=1S/2C50H99N3O4/c1-5-9-13-17-19-27-35-47(33-25-15-11-7-3)49(54)56-45-31-23-21-29-39-52(43-44-53-41-37-51-38-42-53)40-30-22-24-32-46-57-50(55)48(34-26-16-12-8-4)36-28-20-18-14-10-6-2;1-5-9-13-17-19-27-35-49(47(54)55,33-25-15-11-7-3)37-29-21-23-31-41-52(45-46-53-43-39-51-40-44-53)42-32-24-22-30-38-50(48(56)57,34-26-16-12-8-4)36-28-20-18-14-10-6-2/h47-48,51H,5-46H2,1-4H3;51H,5-46H2,1-4H3,(H,54,55)(H,56,57). The van der Waals surface area contributed by atoms with Gasteiger partial charge in [0.15, 0.2) is 0 Å². The van der Waals surface area contributed by atoms with Crippen molar-refractivity contribution in [3.8, 4) is 0 Å². The average molecular weight is 1610 g/mol. The van der Waals surface area contributed by atoms with Crippen LogP contribution in [0.2, 0.25) is 0 Å². The zero-order chi connectivity index (χ0) is 83.0. The molecule has 676 valence electrons. The topological polar surface area (TPSA) is 164 Å². The van der Waals surface area contributed by atoms with Crippen molar-refractivity contribution >= 4 is 23.9 Å². The van der Waals surface area contributed by atoms with Crippen LogP contribution in [-0.4, -0.2) is 172 Å². The summed E-state index contributed by atoms with van der Waals surface area (Å²) in [5.41, 5.74) is -1.05. The van der Waals surface area contributed by atoms with Gasteiger partial charge in [-0.3, -0.25) is 29.0 Å². The van der Waals surface area contributed by atoms with Gasteiger partial charge in [0.1, 0.15) is 0 Å². The normalized spacial score (nSPS) is 15.2. The van der Waals surface area contributed by atoms with Crippen molar-refractivity contribution in [2.75, 3.05) is 118 Å². The number of esters is 2. The number of carbonyl (C=O) groups is 4. The molecular formula is C100H198N6O8. The third-order valence-electron chi connectivity index (χ3n) is 26.1. The highest BCUT2D eigenvalue weighted by Crippen LogP contribution is 2.40. The van der Waals surface area contributed by atoms with E-state index in [0.717, 1.165) is 284 Å². The van der Waals surface area contributed by atoms with Gasteiger partial charge in [-0.1, -0.05) is 376 Å². The third kappa shape index (κ3) is 62.7. The Bertz CT molecular complexity index is 1960. The number of ether oxygens (including phenoxy) is 2. The van der Waals surface area contributed by atoms with E-state index in [-0.39, 0.29) is 23.8 Å². The molecule has 4 unspecified atom stereocenters. The second-order valence-electron chi connectivity index (χ2n) is 36.4. The van der Waals surface area contributed by atoms with Crippen LogP contribution in [0, 0.1) is 22.7 Å². The molecule has 14 nitrogen and oxygen atoms in total. The minimum absolute atomic E-state index is 0.0720. The summed E-state index contributed by atoms with van der Waals surface area (Å²) in [5, 5.41) is 28.1. The molecule has 0 spiro atoms. The average Bonchev–Trinajstić information content (AvgIpc) is 0.851. The van der Waals surface area contributed by atoms with Crippen LogP contribution < -0.4 is 10.6 Å². The molecule has 4 N–H and O–H groups in total. The molecule has 2 aliphatic rings. The van der Waals surface area contributed by atoms with Crippen molar-refractivity contribution in [3.63, 3.8) is 0 Å². The van der Waals surface area contributed by atoms with Crippen molar-refractivity contribution in [1.82, 2.24) is 30.2 Å². The Kier molecular flexibility index (Phi) is 78.5. The summed E-state index contributed by atoms with van der Waals surface area (Å²) in [7, 11) is 0. The maximum absolute atomic E-state index is 13.1. The lowest BCUT2D eigenvalue weighted by Gasteiger charge is -2.31. The van der Waals surface area contributed by atoms with Crippen molar-refractivity contribution in [2.24, 2.45) is 22.7 Å². The summed E-state index contributed by atoms with van der Waals surface area (Å²) in [6.45, 7) is 37.3. The van der Waals surface area contributed by atoms with E-state index in [1.54, 1.807) is 0 Å². The molecule has 2 saturated heterocycles. The van der Waals surface area contributed by atoms with Gasteiger partial charge in [-0.25, -0.2) is 0 Å². The Balaban J connectivity index is 0.00000114. The van der Waals surface area contributed by atoms with E-state index in [9.17, 15) is 29.4 Å². The van der Waals surface area contributed by atoms with E-state index in [0.29, 0.717) is 13.2 Å². The summed E-state index contributed by atoms with van der Waals surface area (Å²) in [6.07, 6.45) is 76.2. The quantitative estimate of drug-likeness (QED) is 0.0336. The minimum atomic E-state index is -0.537. The largest absolute Gasteiger partial charge is 0.481 e. The van der Waals surface area contributed by atoms with E-state index in [2.05, 4.69) is 85.6 Å². The first-order valence-electron chi connectivity index (χ1n) is 50.9. The lowest BCUT2D eigenvalue weighted by Crippen LogP contribution is -2.46. The SMILES string of the molecule is CCCCCCCCC(CCCCCC)(CCCCCCN(CCCCCCC(CCCCCC)(CCCCCCCC)C(=O)O)CCN1CCNCC1)C(=O)O.CCCCCCCCC(CCCCCC)C(=O)OCCCCCCN(CCCCCCOC(=O)C(CCCCCC)CCCCCCCC)CCN1CCNCC1. The van der Waals surface area contributed by atoms with Crippen LogP contribution in [0.15, 0.2) is 0 Å². The van der Waals surface area contributed by atoms with Crippen molar-refractivity contribution in [3.05, 3.63) is 0 Å². The van der Waals surface area contributed by atoms with Gasteiger partial charge in [0.25, 0.3) is 0 Å². The second kappa shape index (κ2) is 81.6. The van der Waals surface area contributed by atoms with Gasteiger partial charge in [-0.05, 0) is 129 Å². The molecule has 2 aliphatic heterocycles. The summed E-state index contributed by atoms with van der Waals surface area (Å²) in [5.74, 6) is -0.727. The smallest absolute Gasteiger partial charge is 0.309 e. The van der Waals surface area contributed by atoms with Gasteiger partial charge in [0.05, 0.1) is 35.9 Å². The molecule has 0 aromatic carbocycles. The van der Waals surface area contributed by atoms with Crippen molar-refractivity contribution in [1.29, 1.82) is 0 Å². The van der Waals surface area contributed by atoms with Crippen LogP contribution >= 0.6 is 0 Å². The highest BCUT2D eigenvalue weighted by molar-refractivity contribution is 5.75. The Labute approximate surface area is 708 Å². The second-order valence-corrected chi connectivity index (χ2v) is 36.4. The summed E-state index contributed by atoms with van der Waals surface area (Å²) in [6, 6.07) is 0. The first kappa shape index (κ1) is 110. The summed E-state index contributed by atoms with van der Waals surface area (Å²) in [4.78, 5) is 62.3.